The van der Waals surface area contributed by atoms with Crippen molar-refractivity contribution in [3.8, 4) is 0 Å². The van der Waals surface area contributed by atoms with Gasteiger partial charge in [-0.2, -0.15) is 0 Å². The van der Waals surface area contributed by atoms with Crippen molar-refractivity contribution in [1.82, 2.24) is 19.9 Å². The molecule has 3 heterocycles. The first-order valence-electron chi connectivity index (χ1n) is 7.72. The van der Waals surface area contributed by atoms with Crippen molar-refractivity contribution in [2.24, 2.45) is 0 Å². The molecule has 0 atom stereocenters. The third-order valence-electron chi connectivity index (χ3n) is 4.09. The van der Waals surface area contributed by atoms with Crippen LogP contribution >= 0.6 is 11.3 Å². The number of fused-ring (bicyclic) bond motifs is 2. The fourth-order valence-corrected chi connectivity index (χ4v) is 3.89. The van der Waals surface area contributed by atoms with E-state index in [0.717, 1.165) is 43.8 Å². The van der Waals surface area contributed by atoms with E-state index in [1.54, 1.807) is 11.3 Å². The molecule has 1 aromatic carbocycles. The minimum Gasteiger partial charge on any atom is -0.290 e. The van der Waals surface area contributed by atoms with Crippen LogP contribution in [0.3, 0.4) is 0 Å². The molecule has 2 aromatic heterocycles. The van der Waals surface area contributed by atoms with Gasteiger partial charge in [0.05, 0.1) is 22.5 Å². The average Bonchev–Trinajstić information content (AvgIpc) is 2.96. The molecule has 0 amide bonds. The Hall–Kier alpha value is -1.85. The fraction of sp³-hybridized carbons (Fsp3) is 0.353. The highest BCUT2D eigenvalue weighted by atomic mass is 32.1. The monoisotopic (exact) mass is 310 g/mol. The molecule has 1 aliphatic heterocycles. The molecule has 0 bridgehead atoms. The molecule has 3 aromatic rings. The van der Waals surface area contributed by atoms with Gasteiger partial charge in [0.15, 0.2) is 0 Å². The van der Waals surface area contributed by atoms with Gasteiger partial charge in [-0.05, 0) is 24.1 Å². The normalized spacial score (nSPS) is 15.1. The number of thiazole rings is 1. The largest absolute Gasteiger partial charge is 0.290 e. The van der Waals surface area contributed by atoms with Crippen LogP contribution in [0.1, 0.15) is 29.0 Å². The highest BCUT2D eigenvalue weighted by Gasteiger charge is 2.19. The highest BCUT2D eigenvalue weighted by molar-refractivity contribution is 7.18. The van der Waals surface area contributed by atoms with Crippen LogP contribution in [0.25, 0.3) is 10.2 Å². The van der Waals surface area contributed by atoms with E-state index in [4.69, 9.17) is 9.97 Å². The van der Waals surface area contributed by atoms with E-state index in [-0.39, 0.29) is 0 Å². The van der Waals surface area contributed by atoms with Gasteiger partial charge in [-0.25, -0.2) is 15.0 Å². The van der Waals surface area contributed by atoms with Gasteiger partial charge in [0, 0.05) is 25.7 Å². The van der Waals surface area contributed by atoms with Crippen LogP contribution in [0, 0.1) is 0 Å². The van der Waals surface area contributed by atoms with Crippen molar-refractivity contribution in [3.63, 3.8) is 0 Å². The third-order valence-corrected chi connectivity index (χ3v) is 5.11. The van der Waals surface area contributed by atoms with E-state index >= 15 is 0 Å². The summed E-state index contributed by atoms with van der Waals surface area (Å²) in [6, 6.07) is 8.35. The Morgan fingerprint density at radius 3 is 3.00 bits per heavy atom. The number of para-hydroxylation sites is 1. The third kappa shape index (κ3) is 2.62. The van der Waals surface area contributed by atoms with Crippen LogP contribution in [0.4, 0.5) is 0 Å². The van der Waals surface area contributed by atoms with E-state index in [2.05, 4.69) is 35.0 Å². The zero-order valence-corrected chi connectivity index (χ0v) is 13.4. The number of hydrogen-bond acceptors (Lipinski definition) is 5. The lowest BCUT2D eigenvalue weighted by molar-refractivity contribution is 0.240. The van der Waals surface area contributed by atoms with Gasteiger partial charge in [0.2, 0.25) is 0 Å². The summed E-state index contributed by atoms with van der Waals surface area (Å²) in [6.45, 7) is 4.96. The van der Waals surface area contributed by atoms with Gasteiger partial charge in [-0.3, -0.25) is 4.90 Å². The van der Waals surface area contributed by atoms with Crippen LogP contribution < -0.4 is 0 Å². The number of aryl methyl sites for hydroxylation is 1. The van der Waals surface area contributed by atoms with Crippen LogP contribution in [0.15, 0.2) is 30.5 Å². The van der Waals surface area contributed by atoms with E-state index in [1.807, 2.05) is 12.3 Å². The molecule has 0 radical (unpaired) electrons. The van der Waals surface area contributed by atoms with E-state index in [1.165, 1.54) is 21.0 Å². The standard InChI is InChI=1S/C17H18N4S/c1-2-16-18-9-12-7-8-21(10-14(12)19-16)11-17-20-13-5-3-4-6-15(13)22-17/h3-6,9H,2,7-8,10-11H2,1H3. The topological polar surface area (TPSA) is 41.9 Å². The van der Waals surface area contributed by atoms with Gasteiger partial charge in [0.25, 0.3) is 0 Å². The second kappa shape index (κ2) is 5.74. The Balaban J connectivity index is 1.54. The molecule has 112 valence electrons. The highest BCUT2D eigenvalue weighted by Crippen LogP contribution is 2.24. The van der Waals surface area contributed by atoms with Gasteiger partial charge in [0.1, 0.15) is 10.8 Å². The van der Waals surface area contributed by atoms with Gasteiger partial charge >= 0.3 is 0 Å². The zero-order valence-electron chi connectivity index (χ0n) is 12.6. The van der Waals surface area contributed by atoms with Crippen molar-refractivity contribution in [2.45, 2.75) is 32.9 Å². The summed E-state index contributed by atoms with van der Waals surface area (Å²) in [5.41, 5.74) is 3.60. The van der Waals surface area contributed by atoms with E-state index < -0.39 is 0 Å². The SMILES string of the molecule is CCc1ncc2c(n1)CN(Cc1nc3ccccc3s1)CC2. The first-order valence-corrected chi connectivity index (χ1v) is 8.54. The molecule has 0 N–H and O–H groups in total. The van der Waals surface area contributed by atoms with Crippen molar-refractivity contribution >= 4 is 21.6 Å². The van der Waals surface area contributed by atoms with Crippen LogP contribution in [-0.2, 0) is 25.9 Å². The number of rotatable bonds is 3. The molecule has 5 heteroatoms. The molecular weight excluding hydrogens is 292 g/mol. The summed E-state index contributed by atoms with van der Waals surface area (Å²) in [5.74, 6) is 0.945. The maximum atomic E-state index is 4.74. The van der Waals surface area contributed by atoms with Crippen molar-refractivity contribution in [2.75, 3.05) is 6.54 Å². The first-order chi connectivity index (χ1) is 10.8. The maximum Gasteiger partial charge on any atom is 0.128 e. The summed E-state index contributed by atoms with van der Waals surface area (Å²) < 4.78 is 1.27. The maximum absolute atomic E-state index is 4.74. The smallest absolute Gasteiger partial charge is 0.128 e. The van der Waals surface area contributed by atoms with Gasteiger partial charge in [-0.1, -0.05) is 19.1 Å². The quantitative estimate of drug-likeness (QED) is 0.745. The Morgan fingerprint density at radius 1 is 1.23 bits per heavy atom. The summed E-state index contributed by atoms with van der Waals surface area (Å²) in [5, 5.41) is 1.19. The predicted octanol–water partition coefficient (Wildman–Crippen LogP) is 3.21. The molecule has 4 nitrogen and oxygen atoms in total. The molecule has 22 heavy (non-hydrogen) atoms. The Bertz CT molecular complexity index is 778. The number of nitrogens with zero attached hydrogens (tertiary/aromatic N) is 4. The van der Waals surface area contributed by atoms with Crippen LogP contribution in [0.5, 0.6) is 0 Å². The molecule has 1 aliphatic rings. The van der Waals surface area contributed by atoms with Crippen LogP contribution in [-0.4, -0.2) is 26.4 Å². The molecule has 0 fully saturated rings. The Kier molecular flexibility index (Phi) is 3.60. The summed E-state index contributed by atoms with van der Waals surface area (Å²) in [4.78, 5) is 16.3. The van der Waals surface area contributed by atoms with Gasteiger partial charge < -0.3 is 0 Å². The Labute approximate surface area is 133 Å². The molecule has 0 saturated carbocycles. The van der Waals surface area contributed by atoms with E-state index in [9.17, 15) is 0 Å². The van der Waals surface area contributed by atoms with Crippen LogP contribution in [0.2, 0.25) is 0 Å². The molecule has 0 unspecified atom stereocenters. The van der Waals surface area contributed by atoms with Crippen molar-refractivity contribution in [1.29, 1.82) is 0 Å². The predicted molar refractivity (Wildman–Crippen MR) is 88.8 cm³/mol. The average molecular weight is 310 g/mol. The lowest BCUT2D eigenvalue weighted by Gasteiger charge is -2.27. The number of benzene rings is 1. The molecule has 4 rings (SSSR count). The van der Waals surface area contributed by atoms with E-state index in [0.29, 0.717) is 0 Å². The minimum atomic E-state index is 0.894. The zero-order chi connectivity index (χ0) is 14.9. The fourth-order valence-electron chi connectivity index (χ4n) is 2.88. The second-order valence-corrected chi connectivity index (χ2v) is 6.76. The summed E-state index contributed by atoms with van der Waals surface area (Å²) >= 11 is 1.79. The minimum absolute atomic E-state index is 0.894. The van der Waals surface area contributed by atoms with Gasteiger partial charge in [-0.15, -0.1) is 11.3 Å². The van der Waals surface area contributed by atoms with Crippen molar-refractivity contribution in [3.05, 3.63) is 52.6 Å². The number of hydrogen-bond donors (Lipinski definition) is 0. The van der Waals surface area contributed by atoms with Crippen molar-refractivity contribution < 1.29 is 0 Å². The molecule has 0 spiro atoms. The summed E-state index contributed by atoms with van der Waals surface area (Å²) in [7, 11) is 0. The summed E-state index contributed by atoms with van der Waals surface area (Å²) in [6.07, 6.45) is 3.94. The molecular formula is C17H18N4S. The Morgan fingerprint density at radius 2 is 2.14 bits per heavy atom. The number of aromatic nitrogens is 3. The lowest BCUT2D eigenvalue weighted by Crippen LogP contribution is -2.31. The molecule has 0 aliphatic carbocycles. The first kappa shape index (κ1) is 13.8. The lowest BCUT2D eigenvalue weighted by atomic mass is 10.1. The second-order valence-electron chi connectivity index (χ2n) is 5.65. The molecule has 0 saturated heterocycles.